The fourth-order valence-electron chi connectivity index (χ4n) is 3.29. The molecule has 3 heteroatoms. The Hall–Kier alpha value is -2.84. The van der Waals surface area contributed by atoms with Crippen molar-refractivity contribution in [1.82, 2.24) is 4.57 Å². The van der Waals surface area contributed by atoms with Crippen molar-refractivity contribution in [3.8, 4) is 0 Å². The molecule has 26 heavy (non-hydrogen) atoms. The summed E-state index contributed by atoms with van der Waals surface area (Å²) in [7, 11) is 0. The Bertz CT molecular complexity index is 1070. The van der Waals surface area contributed by atoms with Gasteiger partial charge in [0.05, 0.1) is 0 Å². The zero-order valence-electron chi connectivity index (χ0n) is 14.2. The lowest BCUT2D eigenvalue weighted by molar-refractivity contribution is 0.104. The molecular weight excluding hydrogens is 342 g/mol. The van der Waals surface area contributed by atoms with Crippen molar-refractivity contribution < 1.29 is 4.79 Å². The van der Waals surface area contributed by atoms with Gasteiger partial charge in [0.25, 0.3) is 0 Å². The van der Waals surface area contributed by atoms with Gasteiger partial charge in [0.1, 0.15) is 0 Å². The minimum atomic E-state index is 0.00200. The standard InChI is InChI=1S/C23H18ClNO/c24-19-10-6-9-18(15-19)23(26)21-16-25(22-12-5-4-11-20(21)22)14-13-17-7-2-1-3-8-17/h1-12,15-16H,13-14H2. The van der Waals surface area contributed by atoms with Crippen molar-refractivity contribution in [3.63, 3.8) is 0 Å². The number of aryl methyl sites for hydroxylation is 2. The van der Waals surface area contributed by atoms with Crippen LogP contribution in [-0.2, 0) is 13.0 Å². The molecule has 0 amide bonds. The summed E-state index contributed by atoms with van der Waals surface area (Å²) in [4.78, 5) is 13.0. The predicted molar refractivity (Wildman–Crippen MR) is 107 cm³/mol. The van der Waals surface area contributed by atoms with Gasteiger partial charge in [0.2, 0.25) is 0 Å². The largest absolute Gasteiger partial charge is 0.346 e. The summed E-state index contributed by atoms with van der Waals surface area (Å²) in [5, 5.41) is 1.55. The molecule has 0 spiro atoms. The van der Waals surface area contributed by atoms with Gasteiger partial charge in [-0.25, -0.2) is 0 Å². The van der Waals surface area contributed by atoms with E-state index in [1.165, 1.54) is 5.56 Å². The van der Waals surface area contributed by atoms with Crippen molar-refractivity contribution in [2.45, 2.75) is 13.0 Å². The van der Waals surface area contributed by atoms with Crippen molar-refractivity contribution >= 4 is 28.3 Å². The maximum absolute atomic E-state index is 13.0. The molecule has 128 valence electrons. The minimum Gasteiger partial charge on any atom is -0.346 e. The lowest BCUT2D eigenvalue weighted by atomic mass is 10.0. The Morgan fingerprint density at radius 3 is 2.46 bits per heavy atom. The highest BCUT2D eigenvalue weighted by Gasteiger charge is 2.16. The molecule has 0 fully saturated rings. The van der Waals surface area contributed by atoms with Crippen LogP contribution in [0.15, 0.2) is 85.1 Å². The van der Waals surface area contributed by atoms with Gasteiger partial charge in [0.15, 0.2) is 5.78 Å². The van der Waals surface area contributed by atoms with Gasteiger partial charge in [-0.05, 0) is 30.2 Å². The van der Waals surface area contributed by atoms with E-state index in [4.69, 9.17) is 11.6 Å². The Morgan fingerprint density at radius 2 is 1.65 bits per heavy atom. The molecule has 0 aliphatic carbocycles. The van der Waals surface area contributed by atoms with Gasteiger partial charge in [-0.3, -0.25) is 4.79 Å². The molecule has 2 nitrogen and oxygen atoms in total. The zero-order chi connectivity index (χ0) is 17.9. The lowest BCUT2D eigenvalue weighted by Crippen LogP contribution is -2.02. The van der Waals surface area contributed by atoms with Crippen LogP contribution in [0.3, 0.4) is 0 Å². The number of hydrogen-bond acceptors (Lipinski definition) is 1. The Kier molecular flexibility index (Phi) is 4.59. The van der Waals surface area contributed by atoms with Gasteiger partial charge in [-0.2, -0.15) is 0 Å². The normalized spacial score (nSPS) is 11.0. The first kappa shape index (κ1) is 16.6. The Morgan fingerprint density at radius 1 is 0.885 bits per heavy atom. The van der Waals surface area contributed by atoms with Gasteiger partial charge in [-0.1, -0.05) is 72.3 Å². The van der Waals surface area contributed by atoms with Crippen LogP contribution in [0.5, 0.6) is 0 Å². The van der Waals surface area contributed by atoms with E-state index in [1.807, 2.05) is 42.6 Å². The molecule has 1 aromatic heterocycles. The molecule has 0 saturated heterocycles. The number of fused-ring (bicyclic) bond motifs is 1. The van der Waals surface area contributed by atoms with Crippen LogP contribution >= 0.6 is 11.6 Å². The Labute approximate surface area is 157 Å². The molecule has 0 atom stereocenters. The molecule has 0 saturated carbocycles. The Balaban J connectivity index is 1.71. The van der Waals surface area contributed by atoms with Crippen LogP contribution in [0, 0.1) is 0 Å². The third-order valence-electron chi connectivity index (χ3n) is 4.60. The van der Waals surface area contributed by atoms with Crippen molar-refractivity contribution in [2.24, 2.45) is 0 Å². The number of aromatic nitrogens is 1. The van der Waals surface area contributed by atoms with E-state index >= 15 is 0 Å². The number of para-hydroxylation sites is 1. The number of benzene rings is 3. The van der Waals surface area contributed by atoms with Crippen LogP contribution in [0.25, 0.3) is 10.9 Å². The molecular formula is C23H18ClNO. The first-order chi connectivity index (χ1) is 12.7. The van der Waals surface area contributed by atoms with E-state index in [-0.39, 0.29) is 5.78 Å². The smallest absolute Gasteiger partial charge is 0.195 e. The SMILES string of the molecule is O=C(c1cccc(Cl)c1)c1cn(CCc2ccccc2)c2ccccc12. The number of hydrogen-bond donors (Lipinski definition) is 0. The van der Waals surface area contributed by atoms with E-state index in [9.17, 15) is 4.79 Å². The number of ketones is 1. The third kappa shape index (κ3) is 3.29. The van der Waals surface area contributed by atoms with E-state index in [0.29, 0.717) is 10.6 Å². The zero-order valence-corrected chi connectivity index (χ0v) is 15.0. The van der Waals surface area contributed by atoms with E-state index < -0.39 is 0 Å². The number of carbonyl (C=O) groups is 1. The number of rotatable bonds is 5. The summed E-state index contributed by atoms with van der Waals surface area (Å²) < 4.78 is 2.17. The summed E-state index contributed by atoms with van der Waals surface area (Å²) in [6.07, 6.45) is 2.89. The van der Waals surface area contributed by atoms with Crippen LogP contribution in [-0.4, -0.2) is 10.4 Å². The topological polar surface area (TPSA) is 22.0 Å². The van der Waals surface area contributed by atoms with Crippen molar-refractivity contribution in [3.05, 3.63) is 107 Å². The van der Waals surface area contributed by atoms with E-state index in [0.717, 1.165) is 29.4 Å². The van der Waals surface area contributed by atoms with Crippen LogP contribution in [0.1, 0.15) is 21.5 Å². The fourth-order valence-corrected chi connectivity index (χ4v) is 3.48. The van der Waals surface area contributed by atoms with Gasteiger partial charge < -0.3 is 4.57 Å². The lowest BCUT2D eigenvalue weighted by Gasteiger charge is -2.05. The van der Waals surface area contributed by atoms with Gasteiger partial charge in [0, 0.05) is 39.8 Å². The average molecular weight is 360 g/mol. The van der Waals surface area contributed by atoms with E-state index in [2.05, 4.69) is 34.9 Å². The van der Waals surface area contributed by atoms with Gasteiger partial charge >= 0.3 is 0 Å². The molecule has 3 aromatic carbocycles. The minimum absolute atomic E-state index is 0.00200. The molecule has 0 N–H and O–H groups in total. The van der Waals surface area contributed by atoms with Crippen LogP contribution in [0.4, 0.5) is 0 Å². The first-order valence-corrected chi connectivity index (χ1v) is 9.02. The second kappa shape index (κ2) is 7.19. The number of carbonyl (C=O) groups excluding carboxylic acids is 1. The van der Waals surface area contributed by atoms with Gasteiger partial charge in [-0.15, -0.1) is 0 Å². The van der Waals surface area contributed by atoms with Crippen molar-refractivity contribution in [2.75, 3.05) is 0 Å². The highest BCUT2D eigenvalue weighted by Crippen LogP contribution is 2.25. The summed E-state index contributed by atoms with van der Waals surface area (Å²) in [6.45, 7) is 0.827. The summed E-state index contributed by atoms with van der Waals surface area (Å²) in [5.41, 5.74) is 3.70. The third-order valence-corrected chi connectivity index (χ3v) is 4.84. The monoisotopic (exact) mass is 359 g/mol. The molecule has 4 rings (SSSR count). The summed E-state index contributed by atoms with van der Waals surface area (Å²) in [5.74, 6) is 0.00200. The highest BCUT2D eigenvalue weighted by atomic mass is 35.5. The molecule has 4 aromatic rings. The highest BCUT2D eigenvalue weighted by molar-refractivity contribution is 6.31. The second-order valence-electron chi connectivity index (χ2n) is 6.33. The quantitative estimate of drug-likeness (QED) is 0.415. The second-order valence-corrected chi connectivity index (χ2v) is 6.76. The molecule has 0 aliphatic rings. The maximum atomic E-state index is 13.0. The van der Waals surface area contributed by atoms with Crippen LogP contribution < -0.4 is 0 Å². The first-order valence-electron chi connectivity index (χ1n) is 8.64. The van der Waals surface area contributed by atoms with Crippen LogP contribution in [0.2, 0.25) is 5.02 Å². The average Bonchev–Trinajstić information content (AvgIpc) is 3.05. The molecule has 0 unspecified atom stereocenters. The fraction of sp³-hybridized carbons (Fsp3) is 0.0870. The van der Waals surface area contributed by atoms with E-state index in [1.54, 1.807) is 12.1 Å². The predicted octanol–water partition coefficient (Wildman–Crippen LogP) is 5.77. The summed E-state index contributed by atoms with van der Waals surface area (Å²) >= 11 is 6.06. The van der Waals surface area contributed by atoms with Crippen molar-refractivity contribution in [1.29, 1.82) is 0 Å². The molecule has 0 bridgehead atoms. The summed E-state index contributed by atoms with van der Waals surface area (Å²) in [6, 6.07) is 25.6. The molecule has 0 aliphatic heterocycles. The molecule has 0 radical (unpaired) electrons. The number of nitrogens with zero attached hydrogens (tertiary/aromatic N) is 1. The number of halogens is 1. The molecule has 1 heterocycles. The maximum Gasteiger partial charge on any atom is 0.195 e.